The van der Waals surface area contributed by atoms with Crippen LogP contribution >= 0.6 is 0 Å². The van der Waals surface area contributed by atoms with Crippen LogP contribution in [0.3, 0.4) is 0 Å². The van der Waals surface area contributed by atoms with Gasteiger partial charge in [0.05, 0.1) is 12.0 Å². The largest absolute Gasteiger partial charge is 0.315 e. The molecule has 0 bridgehead atoms. The van der Waals surface area contributed by atoms with Gasteiger partial charge in [0.25, 0.3) is 0 Å². The zero-order valence-corrected chi connectivity index (χ0v) is 12.8. The second kappa shape index (κ2) is 6.73. The van der Waals surface area contributed by atoms with Crippen LogP contribution in [-0.2, 0) is 5.41 Å². The quantitative estimate of drug-likeness (QED) is 0.845. The molecule has 0 spiro atoms. The van der Waals surface area contributed by atoms with Gasteiger partial charge in [0, 0.05) is 18.5 Å². The lowest BCUT2D eigenvalue weighted by Gasteiger charge is -2.27. The molecule has 104 valence electrons. The van der Waals surface area contributed by atoms with Crippen molar-refractivity contribution in [2.24, 2.45) is 11.8 Å². The second-order valence-corrected chi connectivity index (χ2v) is 6.36. The van der Waals surface area contributed by atoms with E-state index in [2.05, 4.69) is 70.3 Å². The van der Waals surface area contributed by atoms with Gasteiger partial charge in [-0.1, -0.05) is 57.5 Å². The third-order valence-corrected chi connectivity index (χ3v) is 3.70. The van der Waals surface area contributed by atoms with Gasteiger partial charge >= 0.3 is 0 Å². The van der Waals surface area contributed by atoms with Crippen LogP contribution < -0.4 is 5.32 Å². The molecular formula is C17H26N2. The SMILES string of the molecule is Cc1cccc(C(C)(C)CNCC(C#N)C(C)C)c1. The topological polar surface area (TPSA) is 35.8 Å². The van der Waals surface area contributed by atoms with Gasteiger partial charge in [0.15, 0.2) is 0 Å². The number of hydrogen-bond acceptors (Lipinski definition) is 2. The Labute approximate surface area is 117 Å². The maximum absolute atomic E-state index is 9.09. The van der Waals surface area contributed by atoms with Gasteiger partial charge in [0.2, 0.25) is 0 Å². The fourth-order valence-electron chi connectivity index (χ4n) is 2.14. The number of nitriles is 1. The van der Waals surface area contributed by atoms with Crippen LogP contribution in [0, 0.1) is 30.1 Å². The first-order valence-corrected chi connectivity index (χ1v) is 7.04. The first-order valence-electron chi connectivity index (χ1n) is 7.04. The minimum absolute atomic E-state index is 0.0863. The van der Waals surface area contributed by atoms with Gasteiger partial charge in [-0.15, -0.1) is 0 Å². The summed E-state index contributed by atoms with van der Waals surface area (Å²) in [6.45, 7) is 12.5. The molecule has 0 fully saturated rings. The van der Waals surface area contributed by atoms with Gasteiger partial charge in [0.1, 0.15) is 0 Å². The van der Waals surface area contributed by atoms with Crippen molar-refractivity contribution in [3.63, 3.8) is 0 Å². The third-order valence-electron chi connectivity index (χ3n) is 3.70. The van der Waals surface area contributed by atoms with Crippen molar-refractivity contribution < 1.29 is 0 Å². The smallest absolute Gasteiger partial charge is 0.0671 e. The molecule has 2 nitrogen and oxygen atoms in total. The molecular weight excluding hydrogens is 232 g/mol. The van der Waals surface area contributed by atoms with Crippen LogP contribution in [-0.4, -0.2) is 13.1 Å². The summed E-state index contributed by atoms with van der Waals surface area (Å²) in [5, 5.41) is 12.5. The van der Waals surface area contributed by atoms with Crippen LogP contribution in [0.4, 0.5) is 0 Å². The molecule has 0 aliphatic carbocycles. The van der Waals surface area contributed by atoms with Gasteiger partial charge in [-0.2, -0.15) is 5.26 Å². The van der Waals surface area contributed by atoms with E-state index in [0.29, 0.717) is 5.92 Å². The maximum atomic E-state index is 9.09. The zero-order valence-electron chi connectivity index (χ0n) is 12.8. The Kier molecular flexibility index (Phi) is 5.57. The van der Waals surface area contributed by atoms with Crippen molar-refractivity contribution in [1.82, 2.24) is 5.32 Å². The molecule has 0 amide bonds. The number of aryl methyl sites for hydroxylation is 1. The van der Waals surface area contributed by atoms with Gasteiger partial charge in [-0.25, -0.2) is 0 Å². The Morgan fingerprint density at radius 1 is 1.32 bits per heavy atom. The Balaban J connectivity index is 2.59. The van der Waals surface area contributed by atoms with Crippen LogP contribution in [0.15, 0.2) is 24.3 Å². The van der Waals surface area contributed by atoms with Crippen molar-refractivity contribution in [2.45, 2.75) is 40.0 Å². The Hall–Kier alpha value is -1.33. The van der Waals surface area contributed by atoms with E-state index in [4.69, 9.17) is 5.26 Å². The highest BCUT2D eigenvalue weighted by Gasteiger charge is 2.21. The normalized spacial score (nSPS) is 13.3. The highest BCUT2D eigenvalue weighted by molar-refractivity contribution is 5.28. The van der Waals surface area contributed by atoms with Crippen molar-refractivity contribution in [2.75, 3.05) is 13.1 Å². The average Bonchev–Trinajstić information content (AvgIpc) is 2.34. The van der Waals surface area contributed by atoms with Gasteiger partial charge in [-0.3, -0.25) is 0 Å². The van der Waals surface area contributed by atoms with Gasteiger partial charge in [-0.05, 0) is 18.4 Å². The molecule has 1 N–H and O–H groups in total. The molecule has 2 heteroatoms. The zero-order chi connectivity index (χ0) is 14.5. The first-order chi connectivity index (χ1) is 8.86. The molecule has 0 heterocycles. The Morgan fingerprint density at radius 2 is 2.00 bits per heavy atom. The number of nitrogens with zero attached hydrogens (tertiary/aromatic N) is 1. The number of nitrogens with one attached hydrogen (secondary N) is 1. The van der Waals surface area contributed by atoms with E-state index in [-0.39, 0.29) is 11.3 Å². The summed E-state index contributed by atoms with van der Waals surface area (Å²) in [4.78, 5) is 0. The average molecular weight is 258 g/mol. The minimum atomic E-state index is 0.0863. The molecule has 0 aliphatic rings. The molecule has 1 aromatic rings. The van der Waals surface area contributed by atoms with E-state index < -0.39 is 0 Å². The summed E-state index contributed by atoms with van der Waals surface area (Å²) >= 11 is 0. The number of benzene rings is 1. The predicted octanol–water partition coefficient (Wildman–Crippen LogP) is 3.66. The monoisotopic (exact) mass is 258 g/mol. The molecule has 1 unspecified atom stereocenters. The first kappa shape index (κ1) is 15.7. The molecule has 0 aromatic heterocycles. The Morgan fingerprint density at radius 3 is 2.53 bits per heavy atom. The van der Waals surface area contributed by atoms with Crippen LogP contribution in [0.2, 0.25) is 0 Å². The van der Waals surface area contributed by atoms with Crippen molar-refractivity contribution in [3.8, 4) is 6.07 Å². The summed E-state index contributed by atoms with van der Waals surface area (Å²) < 4.78 is 0. The predicted molar refractivity (Wildman–Crippen MR) is 81.0 cm³/mol. The molecule has 0 saturated heterocycles. The molecule has 0 saturated carbocycles. The standard InChI is InChI=1S/C17H26N2/c1-13(2)15(10-18)11-19-12-17(4,5)16-8-6-7-14(3)9-16/h6-9,13,15,19H,11-12H2,1-5H3. The van der Waals surface area contributed by atoms with E-state index in [1.807, 2.05) is 0 Å². The minimum Gasteiger partial charge on any atom is -0.315 e. The van der Waals surface area contributed by atoms with Crippen molar-refractivity contribution in [3.05, 3.63) is 35.4 Å². The molecule has 1 rings (SSSR count). The molecule has 0 radical (unpaired) electrons. The number of hydrogen-bond donors (Lipinski definition) is 1. The summed E-state index contributed by atoms with van der Waals surface area (Å²) in [5.74, 6) is 0.493. The van der Waals surface area contributed by atoms with E-state index in [0.717, 1.165) is 13.1 Å². The summed E-state index contributed by atoms with van der Waals surface area (Å²) in [5.41, 5.74) is 2.73. The van der Waals surface area contributed by atoms with Gasteiger partial charge < -0.3 is 5.32 Å². The van der Waals surface area contributed by atoms with Crippen LogP contribution in [0.1, 0.15) is 38.8 Å². The highest BCUT2D eigenvalue weighted by Crippen LogP contribution is 2.23. The lowest BCUT2D eigenvalue weighted by Crippen LogP contribution is -2.36. The molecule has 1 atom stereocenters. The van der Waals surface area contributed by atoms with Crippen molar-refractivity contribution >= 4 is 0 Å². The fourth-order valence-corrected chi connectivity index (χ4v) is 2.14. The third kappa shape index (κ3) is 4.69. The van der Waals surface area contributed by atoms with E-state index in [1.165, 1.54) is 11.1 Å². The number of rotatable bonds is 6. The van der Waals surface area contributed by atoms with E-state index in [1.54, 1.807) is 0 Å². The maximum Gasteiger partial charge on any atom is 0.0671 e. The lowest BCUT2D eigenvalue weighted by atomic mass is 9.83. The summed E-state index contributed by atoms with van der Waals surface area (Å²) in [6, 6.07) is 11.0. The fraction of sp³-hybridized carbons (Fsp3) is 0.588. The Bertz CT molecular complexity index is 441. The highest BCUT2D eigenvalue weighted by atomic mass is 14.9. The van der Waals surface area contributed by atoms with E-state index >= 15 is 0 Å². The molecule has 1 aromatic carbocycles. The molecule has 0 aliphatic heterocycles. The summed E-state index contributed by atoms with van der Waals surface area (Å²) in [6.07, 6.45) is 0. The summed E-state index contributed by atoms with van der Waals surface area (Å²) in [7, 11) is 0. The van der Waals surface area contributed by atoms with Crippen LogP contribution in [0.25, 0.3) is 0 Å². The van der Waals surface area contributed by atoms with E-state index in [9.17, 15) is 0 Å². The second-order valence-electron chi connectivity index (χ2n) is 6.36. The van der Waals surface area contributed by atoms with Crippen molar-refractivity contribution in [1.29, 1.82) is 5.26 Å². The lowest BCUT2D eigenvalue weighted by molar-refractivity contribution is 0.402. The molecule has 19 heavy (non-hydrogen) atoms. The van der Waals surface area contributed by atoms with Crippen LogP contribution in [0.5, 0.6) is 0 Å².